The molecule has 18 heavy (non-hydrogen) atoms. The van der Waals surface area contributed by atoms with Gasteiger partial charge in [-0.2, -0.15) is 0 Å². The lowest BCUT2D eigenvalue weighted by molar-refractivity contribution is 0.0695. The van der Waals surface area contributed by atoms with Crippen LogP contribution in [0.25, 0.3) is 0 Å². The van der Waals surface area contributed by atoms with Crippen LogP contribution in [0, 0.1) is 6.92 Å². The van der Waals surface area contributed by atoms with Crippen LogP contribution in [-0.2, 0) is 0 Å². The normalized spacial score (nSPS) is 18.5. The van der Waals surface area contributed by atoms with Crippen LogP contribution in [0.1, 0.15) is 41.6 Å². The molecule has 2 aliphatic carbocycles. The molecule has 1 aromatic rings. The van der Waals surface area contributed by atoms with Crippen LogP contribution in [0.15, 0.2) is 12.1 Å². The molecular formula is C14H16O4. The molecule has 2 saturated carbocycles. The Morgan fingerprint density at radius 3 is 1.89 bits per heavy atom. The van der Waals surface area contributed by atoms with E-state index in [1.54, 1.807) is 12.1 Å². The summed E-state index contributed by atoms with van der Waals surface area (Å²) in [6, 6.07) is 3.19. The third-order valence-corrected chi connectivity index (χ3v) is 3.20. The van der Waals surface area contributed by atoms with Gasteiger partial charge in [0.05, 0.1) is 17.8 Å². The van der Waals surface area contributed by atoms with E-state index in [0.717, 1.165) is 31.2 Å². The molecule has 0 amide bonds. The molecule has 0 bridgehead atoms. The maximum atomic E-state index is 11.1. The van der Waals surface area contributed by atoms with Gasteiger partial charge < -0.3 is 14.6 Å². The van der Waals surface area contributed by atoms with Crippen LogP contribution < -0.4 is 9.47 Å². The lowest BCUT2D eigenvalue weighted by Crippen LogP contribution is -2.06. The highest BCUT2D eigenvalue weighted by molar-refractivity contribution is 5.89. The van der Waals surface area contributed by atoms with Crippen molar-refractivity contribution in [3.63, 3.8) is 0 Å². The van der Waals surface area contributed by atoms with Crippen LogP contribution >= 0.6 is 0 Å². The molecule has 0 unspecified atom stereocenters. The maximum absolute atomic E-state index is 11.1. The second-order valence-electron chi connectivity index (χ2n) is 5.04. The highest BCUT2D eigenvalue weighted by Gasteiger charge is 2.28. The van der Waals surface area contributed by atoms with Crippen molar-refractivity contribution in [2.24, 2.45) is 0 Å². The van der Waals surface area contributed by atoms with Gasteiger partial charge in [0.2, 0.25) is 0 Å². The first-order chi connectivity index (χ1) is 8.63. The topological polar surface area (TPSA) is 55.8 Å². The molecule has 2 aliphatic rings. The lowest BCUT2D eigenvalue weighted by Gasteiger charge is -2.14. The summed E-state index contributed by atoms with van der Waals surface area (Å²) >= 11 is 0. The van der Waals surface area contributed by atoms with E-state index in [9.17, 15) is 4.79 Å². The predicted octanol–water partition coefficient (Wildman–Crippen LogP) is 2.78. The Labute approximate surface area is 106 Å². The smallest absolute Gasteiger partial charge is 0.335 e. The fourth-order valence-electron chi connectivity index (χ4n) is 1.76. The number of hydrogen-bond donors (Lipinski definition) is 1. The van der Waals surface area contributed by atoms with E-state index in [-0.39, 0.29) is 17.8 Å². The van der Waals surface area contributed by atoms with Crippen molar-refractivity contribution in [3.05, 3.63) is 23.3 Å². The Bertz CT molecular complexity index is 452. The quantitative estimate of drug-likeness (QED) is 0.870. The average Bonchev–Trinajstić information content (AvgIpc) is 3.18. The molecule has 1 aromatic carbocycles. The lowest BCUT2D eigenvalue weighted by atomic mass is 10.1. The standard InChI is InChI=1S/C14H16O4/c1-8-12(17-10-2-3-10)6-9(14(15)16)7-13(8)18-11-4-5-11/h6-7,10-11H,2-5H2,1H3,(H,15,16). The summed E-state index contributed by atoms with van der Waals surface area (Å²) in [6.07, 6.45) is 4.71. The number of ether oxygens (including phenoxy) is 2. The van der Waals surface area contributed by atoms with Crippen molar-refractivity contribution in [2.45, 2.75) is 44.8 Å². The van der Waals surface area contributed by atoms with Gasteiger partial charge in [-0.05, 0) is 44.7 Å². The molecule has 0 radical (unpaired) electrons. The molecule has 3 rings (SSSR count). The van der Waals surface area contributed by atoms with Gasteiger partial charge in [0.1, 0.15) is 11.5 Å². The zero-order chi connectivity index (χ0) is 12.7. The molecule has 0 spiro atoms. The van der Waals surface area contributed by atoms with E-state index in [1.807, 2.05) is 6.92 Å². The van der Waals surface area contributed by atoms with Crippen molar-refractivity contribution in [2.75, 3.05) is 0 Å². The van der Waals surface area contributed by atoms with Crippen molar-refractivity contribution < 1.29 is 19.4 Å². The van der Waals surface area contributed by atoms with E-state index in [1.165, 1.54) is 0 Å². The number of carboxylic acids is 1. The van der Waals surface area contributed by atoms with E-state index in [0.29, 0.717) is 11.5 Å². The van der Waals surface area contributed by atoms with Crippen LogP contribution in [0.3, 0.4) is 0 Å². The largest absolute Gasteiger partial charge is 0.490 e. The summed E-state index contributed by atoms with van der Waals surface area (Å²) in [4.78, 5) is 11.1. The second-order valence-corrected chi connectivity index (χ2v) is 5.04. The van der Waals surface area contributed by atoms with Gasteiger partial charge in [-0.15, -0.1) is 0 Å². The van der Waals surface area contributed by atoms with Gasteiger partial charge in [0.15, 0.2) is 0 Å². The van der Waals surface area contributed by atoms with Crippen molar-refractivity contribution in [1.29, 1.82) is 0 Å². The van der Waals surface area contributed by atoms with Crippen LogP contribution in [0.4, 0.5) is 0 Å². The zero-order valence-corrected chi connectivity index (χ0v) is 10.3. The summed E-state index contributed by atoms with van der Waals surface area (Å²) in [5.41, 5.74) is 1.13. The molecule has 4 heteroatoms. The fourth-order valence-corrected chi connectivity index (χ4v) is 1.76. The molecule has 1 N–H and O–H groups in total. The second kappa shape index (κ2) is 4.19. The van der Waals surface area contributed by atoms with E-state index >= 15 is 0 Å². The number of aromatic carboxylic acids is 1. The van der Waals surface area contributed by atoms with E-state index in [4.69, 9.17) is 14.6 Å². The molecular weight excluding hydrogens is 232 g/mol. The summed E-state index contributed by atoms with van der Waals surface area (Å²) < 4.78 is 11.5. The first-order valence-corrected chi connectivity index (χ1v) is 6.35. The molecule has 2 fully saturated rings. The highest BCUT2D eigenvalue weighted by Crippen LogP contribution is 2.37. The SMILES string of the molecule is Cc1c(OC2CC2)cc(C(=O)O)cc1OC1CC1. The van der Waals surface area contributed by atoms with Crippen LogP contribution in [0.2, 0.25) is 0 Å². The highest BCUT2D eigenvalue weighted by atomic mass is 16.5. The van der Waals surface area contributed by atoms with Gasteiger partial charge in [-0.1, -0.05) is 0 Å². The summed E-state index contributed by atoms with van der Waals surface area (Å²) in [5.74, 6) is 0.345. The number of carbonyl (C=O) groups is 1. The number of rotatable bonds is 5. The number of hydrogen-bond acceptors (Lipinski definition) is 3. The third-order valence-electron chi connectivity index (χ3n) is 3.20. The number of benzene rings is 1. The molecule has 4 nitrogen and oxygen atoms in total. The number of carboxylic acid groups (broad SMARTS) is 1. The molecule has 0 aromatic heterocycles. The van der Waals surface area contributed by atoms with Gasteiger partial charge >= 0.3 is 5.97 Å². The minimum atomic E-state index is -0.948. The van der Waals surface area contributed by atoms with Gasteiger partial charge in [-0.3, -0.25) is 0 Å². The molecule has 96 valence electrons. The van der Waals surface area contributed by atoms with Gasteiger partial charge in [-0.25, -0.2) is 4.79 Å². The van der Waals surface area contributed by atoms with Crippen LogP contribution in [-0.4, -0.2) is 23.3 Å². The fraction of sp³-hybridized carbons (Fsp3) is 0.500. The van der Waals surface area contributed by atoms with E-state index in [2.05, 4.69) is 0 Å². The Balaban J connectivity index is 1.93. The monoisotopic (exact) mass is 248 g/mol. The summed E-state index contributed by atoms with van der Waals surface area (Å²) in [6.45, 7) is 1.92. The zero-order valence-electron chi connectivity index (χ0n) is 10.3. The van der Waals surface area contributed by atoms with Gasteiger partial charge in [0.25, 0.3) is 0 Å². The van der Waals surface area contributed by atoms with Crippen molar-refractivity contribution >= 4 is 5.97 Å². The predicted molar refractivity (Wildman–Crippen MR) is 65.4 cm³/mol. The molecule has 0 saturated heterocycles. The Morgan fingerprint density at radius 1 is 1.11 bits per heavy atom. The molecule has 0 heterocycles. The molecule has 0 aliphatic heterocycles. The average molecular weight is 248 g/mol. The van der Waals surface area contributed by atoms with Gasteiger partial charge in [0, 0.05) is 5.56 Å². The van der Waals surface area contributed by atoms with Crippen molar-refractivity contribution in [3.8, 4) is 11.5 Å². The third kappa shape index (κ3) is 2.42. The minimum absolute atomic E-state index is 0.229. The minimum Gasteiger partial charge on any atom is -0.490 e. The Hall–Kier alpha value is -1.71. The van der Waals surface area contributed by atoms with E-state index < -0.39 is 5.97 Å². The summed E-state index contributed by atoms with van der Waals surface area (Å²) in [5, 5.41) is 9.11. The first-order valence-electron chi connectivity index (χ1n) is 6.35. The maximum Gasteiger partial charge on any atom is 0.335 e. The molecule has 0 atom stereocenters. The van der Waals surface area contributed by atoms with Crippen LogP contribution in [0.5, 0.6) is 11.5 Å². The Morgan fingerprint density at radius 2 is 1.56 bits per heavy atom. The Kier molecular flexibility index (Phi) is 2.65. The van der Waals surface area contributed by atoms with Crippen molar-refractivity contribution in [1.82, 2.24) is 0 Å². The summed E-state index contributed by atoms with van der Waals surface area (Å²) in [7, 11) is 0. The first kappa shape index (κ1) is 11.4.